The van der Waals surface area contributed by atoms with E-state index in [1.165, 1.54) is 0 Å². The van der Waals surface area contributed by atoms with Gasteiger partial charge in [0.25, 0.3) is 0 Å². The van der Waals surface area contributed by atoms with E-state index >= 15 is 0 Å². The minimum Gasteiger partial charge on any atom is -0.330 e. The normalized spacial score (nSPS) is 10.6. The number of hydrogen-bond donors (Lipinski definition) is 1. The first kappa shape index (κ1) is 13.3. The minimum absolute atomic E-state index is 0.627. The number of hydrogen-bond acceptors (Lipinski definition) is 4. The molecular formula is C13H14ClN3S. The number of rotatable bonds is 5. The second-order valence-corrected chi connectivity index (χ2v) is 5.27. The van der Waals surface area contributed by atoms with Crippen molar-refractivity contribution in [1.29, 1.82) is 0 Å². The summed E-state index contributed by atoms with van der Waals surface area (Å²) < 4.78 is 0. The Labute approximate surface area is 116 Å². The molecule has 5 heteroatoms. The van der Waals surface area contributed by atoms with Crippen LogP contribution in [0.25, 0.3) is 0 Å². The van der Waals surface area contributed by atoms with Crippen molar-refractivity contribution in [1.82, 2.24) is 9.97 Å². The molecule has 0 fully saturated rings. The first-order chi connectivity index (χ1) is 8.78. The molecule has 0 bridgehead atoms. The van der Waals surface area contributed by atoms with Crippen molar-refractivity contribution >= 4 is 23.4 Å². The zero-order valence-corrected chi connectivity index (χ0v) is 11.4. The largest absolute Gasteiger partial charge is 0.330 e. The van der Waals surface area contributed by atoms with Crippen LogP contribution in [0.15, 0.2) is 41.6 Å². The first-order valence-electron chi connectivity index (χ1n) is 5.66. The van der Waals surface area contributed by atoms with Crippen LogP contribution >= 0.6 is 23.4 Å². The molecule has 0 unspecified atom stereocenters. The second-order valence-electron chi connectivity index (χ2n) is 3.79. The second kappa shape index (κ2) is 6.73. The molecule has 1 aromatic heterocycles. The molecule has 0 aliphatic heterocycles. The summed E-state index contributed by atoms with van der Waals surface area (Å²) in [6.07, 6.45) is 4.51. The van der Waals surface area contributed by atoms with E-state index in [0.29, 0.717) is 6.54 Å². The molecule has 3 nitrogen and oxygen atoms in total. The van der Waals surface area contributed by atoms with Crippen LogP contribution in [0.2, 0.25) is 5.02 Å². The lowest BCUT2D eigenvalue weighted by atomic mass is 10.2. The monoisotopic (exact) mass is 279 g/mol. The molecule has 0 aliphatic carbocycles. The summed E-state index contributed by atoms with van der Waals surface area (Å²) in [5, 5.41) is 0.752. The molecular weight excluding hydrogens is 266 g/mol. The summed E-state index contributed by atoms with van der Waals surface area (Å²) in [4.78, 5) is 9.79. The van der Waals surface area contributed by atoms with Crippen LogP contribution in [-0.2, 0) is 12.2 Å². The van der Waals surface area contributed by atoms with Gasteiger partial charge >= 0.3 is 0 Å². The van der Waals surface area contributed by atoms with Crippen LogP contribution < -0.4 is 5.73 Å². The van der Waals surface area contributed by atoms with E-state index in [1.807, 2.05) is 36.7 Å². The van der Waals surface area contributed by atoms with Crippen LogP contribution in [0, 0.1) is 0 Å². The van der Waals surface area contributed by atoms with Crippen molar-refractivity contribution in [3.8, 4) is 0 Å². The van der Waals surface area contributed by atoms with Crippen molar-refractivity contribution < 1.29 is 0 Å². The smallest absolute Gasteiger partial charge is 0.138 e. The van der Waals surface area contributed by atoms with Crippen LogP contribution in [0.3, 0.4) is 0 Å². The number of thioether (sulfide) groups is 1. The minimum atomic E-state index is 0.627. The fraction of sp³-hybridized carbons (Fsp3) is 0.231. The van der Waals surface area contributed by atoms with Gasteiger partial charge in [0.05, 0.1) is 5.75 Å². The van der Waals surface area contributed by atoms with Gasteiger partial charge in [-0.1, -0.05) is 11.6 Å². The van der Waals surface area contributed by atoms with Gasteiger partial charge in [0.1, 0.15) is 5.82 Å². The Hall–Kier alpha value is -1.10. The summed E-state index contributed by atoms with van der Waals surface area (Å²) in [5.74, 6) is 1.58. The molecule has 0 amide bonds. The van der Waals surface area contributed by atoms with Gasteiger partial charge in [0.2, 0.25) is 0 Å². The maximum atomic E-state index is 5.83. The number of benzene rings is 1. The van der Waals surface area contributed by atoms with Gasteiger partial charge in [0, 0.05) is 22.3 Å². The molecule has 1 heterocycles. The van der Waals surface area contributed by atoms with E-state index in [1.54, 1.807) is 11.8 Å². The lowest BCUT2D eigenvalue weighted by Gasteiger charge is -2.02. The molecule has 0 aliphatic rings. The molecule has 1 aromatic carbocycles. The van der Waals surface area contributed by atoms with E-state index in [9.17, 15) is 0 Å². The molecule has 0 saturated carbocycles. The summed E-state index contributed by atoms with van der Waals surface area (Å²) >= 11 is 7.52. The predicted octanol–water partition coefficient (Wildman–Crippen LogP) is 2.92. The summed E-state index contributed by atoms with van der Waals surface area (Å²) in [6.45, 7) is 0.627. The molecule has 0 saturated heterocycles. The summed E-state index contributed by atoms with van der Waals surface area (Å²) in [6, 6.07) is 7.76. The SMILES string of the molecule is NCCc1cnc(CSc2ccc(Cl)cc2)nc1. The van der Waals surface area contributed by atoms with Gasteiger partial charge in [-0.25, -0.2) is 9.97 Å². The Kier molecular flexibility index (Phi) is 4.99. The Balaban J connectivity index is 1.91. The maximum Gasteiger partial charge on any atom is 0.138 e. The van der Waals surface area contributed by atoms with Crippen molar-refractivity contribution in [2.45, 2.75) is 17.1 Å². The topological polar surface area (TPSA) is 51.8 Å². The van der Waals surface area contributed by atoms with Crippen molar-refractivity contribution in [3.63, 3.8) is 0 Å². The highest BCUT2D eigenvalue weighted by Gasteiger charge is 2.00. The Morgan fingerprint density at radius 2 is 1.78 bits per heavy atom. The molecule has 2 N–H and O–H groups in total. The third-order valence-electron chi connectivity index (χ3n) is 2.37. The van der Waals surface area contributed by atoms with Crippen molar-refractivity contribution in [2.24, 2.45) is 5.73 Å². The molecule has 2 rings (SSSR count). The number of nitrogens with zero attached hydrogens (tertiary/aromatic N) is 2. The van der Waals surface area contributed by atoms with E-state index in [0.717, 1.165) is 33.5 Å². The highest BCUT2D eigenvalue weighted by Crippen LogP contribution is 2.22. The van der Waals surface area contributed by atoms with E-state index < -0.39 is 0 Å². The summed E-state index contributed by atoms with van der Waals surface area (Å²) in [5.41, 5.74) is 6.56. The number of halogens is 1. The quantitative estimate of drug-likeness (QED) is 0.855. The average molecular weight is 280 g/mol. The molecule has 94 valence electrons. The van der Waals surface area contributed by atoms with Gasteiger partial charge in [0.15, 0.2) is 0 Å². The highest BCUT2D eigenvalue weighted by atomic mass is 35.5. The van der Waals surface area contributed by atoms with Crippen LogP contribution in [0.4, 0.5) is 0 Å². The van der Waals surface area contributed by atoms with Gasteiger partial charge in [-0.3, -0.25) is 0 Å². The third kappa shape index (κ3) is 3.98. The van der Waals surface area contributed by atoms with Gasteiger partial charge < -0.3 is 5.73 Å². The van der Waals surface area contributed by atoms with Crippen LogP contribution in [0.5, 0.6) is 0 Å². The van der Waals surface area contributed by atoms with Crippen molar-refractivity contribution in [3.05, 3.63) is 53.1 Å². The van der Waals surface area contributed by atoms with Crippen molar-refractivity contribution in [2.75, 3.05) is 6.54 Å². The van der Waals surface area contributed by atoms with Gasteiger partial charge in [-0.05, 0) is 42.8 Å². The zero-order valence-electron chi connectivity index (χ0n) is 9.84. The standard InChI is InChI=1S/C13H14ClN3S/c14-11-1-3-12(4-2-11)18-9-13-16-7-10(5-6-15)8-17-13/h1-4,7-8H,5-6,9,15H2. The van der Waals surface area contributed by atoms with Gasteiger partial charge in [-0.2, -0.15) is 0 Å². The van der Waals surface area contributed by atoms with Crippen LogP contribution in [-0.4, -0.2) is 16.5 Å². The Bertz CT molecular complexity index is 485. The van der Waals surface area contributed by atoms with E-state index in [4.69, 9.17) is 17.3 Å². The third-order valence-corrected chi connectivity index (χ3v) is 3.63. The van der Waals surface area contributed by atoms with E-state index in [-0.39, 0.29) is 0 Å². The predicted molar refractivity (Wildman–Crippen MR) is 75.8 cm³/mol. The maximum absolute atomic E-state index is 5.83. The van der Waals surface area contributed by atoms with Crippen LogP contribution in [0.1, 0.15) is 11.4 Å². The number of aromatic nitrogens is 2. The molecule has 0 atom stereocenters. The lowest BCUT2D eigenvalue weighted by Crippen LogP contribution is -2.04. The summed E-state index contributed by atoms with van der Waals surface area (Å²) in [7, 11) is 0. The molecule has 0 spiro atoms. The zero-order chi connectivity index (χ0) is 12.8. The Morgan fingerprint density at radius 1 is 1.11 bits per heavy atom. The molecule has 18 heavy (non-hydrogen) atoms. The highest BCUT2D eigenvalue weighted by molar-refractivity contribution is 7.98. The molecule has 2 aromatic rings. The number of nitrogens with two attached hydrogens (primary N) is 1. The molecule has 0 radical (unpaired) electrons. The Morgan fingerprint density at radius 3 is 2.39 bits per heavy atom. The fourth-order valence-corrected chi connectivity index (χ4v) is 2.33. The fourth-order valence-electron chi connectivity index (χ4n) is 1.43. The van der Waals surface area contributed by atoms with Gasteiger partial charge in [-0.15, -0.1) is 11.8 Å². The first-order valence-corrected chi connectivity index (χ1v) is 7.02. The van der Waals surface area contributed by atoms with E-state index in [2.05, 4.69) is 9.97 Å². The average Bonchev–Trinajstić information content (AvgIpc) is 2.40. The lowest BCUT2D eigenvalue weighted by molar-refractivity contribution is 0.920.